The van der Waals surface area contributed by atoms with Crippen LogP contribution in [-0.2, 0) is 4.79 Å². The molecule has 2 aromatic heterocycles. The van der Waals surface area contributed by atoms with Crippen LogP contribution in [0.3, 0.4) is 0 Å². The second kappa shape index (κ2) is 11.1. The summed E-state index contributed by atoms with van der Waals surface area (Å²) >= 11 is 2.24. The van der Waals surface area contributed by atoms with E-state index in [9.17, 15) is 14.9 Å². The Balaban J connectivity index is 1.68. The number of nitrogens with zero attached hydrogens (tertiary/aromatic N) is 3. The molecule has 36 heavy (non-hydrogen) atoms. The molecule has 0 fully saturated rings. The van der Waals surface area contributed by atoms with Gasteiger partial charge in [0.25, 0.3) is 5.56 Å². The number of nitriles is 1. The first-order valence-corrected chi connectivity index (χ1v) is 12.5. The van der Waals surface area contributed by atoms with Gasteiger partial charge < -0.3 is 20.2 Å². The second-order valence-electron chi connectivity index (χ2n) is 7.37. The molecule has 0 bridgehead atoms. The summed E-state index contributed by atoms with van der Waals surface area (Å²) in [5, 5.41) is 11.1. The maximum atomic E-state index is 12.7. The van der Waals surface area contributed by atoms with Crippen LogP contribution >= 0.6 is 23.1 Å². The number of primary amides is 1. The molecule has 4 rings (SSSR count). The number of benzene rings is 2. The summed E-state index contributed by atoms with van der Waals surface area (Å²) in [6.07, 6.45) is 0. The van der Waals surface area contributed by atoms with Crippen molar-refractivity contribution in [1.29, 1.82) is 5.26 Å². The molecule has 9 nitrogen and oxygen atoms in total. The largest absolute Gasteiger partial charge is 0.497 e. The van der Waals surface area contributed by atoms with Crippen molar-refractivity contribution in [2.75, 3.05) is 13.7 Å². The topological polar surface area (TPSA) is 144 Å². The van der Waals surface area contributed by atoms with Crippen molar-refractivity contribution in [3.8, 4) is 40.1 Å². The standard InChI is InChI=1S/C25H21N5O4S2/c1-3-34-17-6-4-5-15(11-17)20-18(12-26)23(32)30-25(29-20)36-21(22(27)31)24-28-19(13-35-24)14-7-9-16(33-2)10-8-14/h4-11,13,21H,3H2,1-2H3,(H2,27,31)(H,29,30,32). The van der Waals surface area contributed by atoms with E-state index in [2.05, 4.69) is 15.0 Å². The highest BCUT2D eigenvalue weighted by molar-refractivity contribution is 8.00. The third-order valence-corrected chi connectivity index (χ3v) is 7.21. The number of rotatable bonds is 9. The Morgan fingerprint density at radius 3 is 2.64 bits per heavy atom. The number of carbonyl (C=O) groups is 1. The Hall–Kier alpha value is -4.14. The summed E-state index contributed by atoms with van der Waals surface area (Å²) < 4.78 is 10.7. The molecule has 4 aromatic rings. The van der Waals surface area contributed by atoms with Gasteiger partial charge in [0.05, 0.1) is 25.1 Å². The molecule has 2 aromatic carbocycles. The summed E-state index contributed by atoms with van der Waals surface area (Å²) in [4.78, 5) is 36.7. The molecule has 0 saturated heterocycles. The minimum atomic E-state index is -0.902. The first-order valence-electron chi connectivity index (χ1n) is 10.8. The van der Waals surface area contributed by atoms with Gasteiger partial charge in [0, 0.05) is 16.5 Å². The lowest BCUT2D eigenvalue weighted by atomic mass is 10.1. The van der Waals surface area contributed by atoms with Gasteiger partial charge in [0.2, 0.25) is 5.91 Å². The van der Waals surface area contributed by atoms with E-state index in [0.717, 1.165) is 23.1 Å². The number of nitrogens with two attached hydrogens (primary N) is 1. The third-order valence-electron chi connectivity index (χ3n) is 5.05. The molecule has 1 atom stereocenters. The van der Waals surface area contributed by atoms with E-state index in [1.54, 1.807) is 31.4 Å². The highest BCUT2D eigenvalue weighted by atomic mass is 32.2. The second-order valence-corrected chi connectivity index (χ2v) is 9.35. The number of methoxy groups -OCH3 is 1. The Morgan fingerprint density at radius 1 is 1.19 bits per heavy atom. The van der Waals surface area contributed by atoms with E-state index in [1.807, 2.05) is 42.6 Å². The molecule has 0 aliphatic rings. The zero-order valence-electron chi connectivity index (χ0n) is 19.3. The van der Waals surface area contributed by atoms with Crippen LogP contribution in [0.5, 0.6) is 11.5 Å². The van der Waals surface area contributed by atoms with E-state index in [-0.39, 0.29) is 16.4 Å². The number of amides is 1. The van der Waals surface area contributed by atoms with Crippen molar-refractivity contribution < 1.29 is 14.3 Å². The van der Waals surface area contributed by atoms with Crippen LogP contribution in [0.25, 0.3) is 22.5 Å². The fraction of sp³-hybridized carbons (Fsp3) is 0.160. The Labute approximate surface area is 214 Å². The van der Waals surface area contributed by atoms with Gasteiger partial charge in [0.1, 0.15) is 33.4 Å². The van der Waals surface area contributed by atoms with Gasteiger partial charge in [-0.15, -0.1) is 11.3 Å². The molecule has 0 radical (unpaired) electrons. The zero-order valence-corrected chi connectivity index (χ0v) is 21.0. The van der Waals surface area contributed by atoms with Gasteiger partial charge >= 0.3 is 0 Å². The fourth-order valence-electron chi connectivity index (χ4n) is 3.37. The summed E-state index contributed by atoms with van der Waals surface area (Å²) in [6, 6.07) is 16.2. The summed E-state index contributed by atoms with van der Waals surface area (Å²) in [6.45, 7) is 2.32. The normalized spacial score (nSPS) is 11.5. The molecule has 1 amide bonds. The lowest BCUT2D eigenvalue weighted by Gasteiger charge is -2.12. The van der Waals surface area contributed by atoms with Gasteiger partial charge in [-0.05, 0) is 43.3 Å². The summed E-state index contributed by atoms with van der Waals surface area (Å²) in [7, 11) is 1.59. The van der Waals surface area contributed by atoms with E-state index >= 15 is 0 Å². The van der Waals surface area contributed by atoms with Crippen LogP contribution in [0.1, 0.15) is 22.7 Å². The van der Waals surface area contributed by atoms with Gasteiger partial charge in [-0.3, -0.25) is 9.59 Å². The minimum Gasteiger partial charge on any atom is -0.497 e. The minimum absolute atomic E-state index is 0.139. The number of H-pyrrole nitrogens is 1. The number of thiazole rings is 1. The quantitative estimate of drug-likeness (QED) is 0.248. The number of carbonyl (C=O) groups excluding carboxylic acids is 1. The van der Waals surface area contributed by atoms with Crippen molar-refractivity contribution in [3.05, 3.63) is 74.8 Å². The lowest BCUT2D eigenvalue weighted by Crippen LogP contribution is -2.21. The van der Waals surface area contributed by atoms with Crippen LogP contribution < -0.4 is 20.8 Å². The van der Waals surface area contributed by atoms with Crippen molar-refractivity contribution >= 4 is 29.0 Å². The van der Waals surface area contributed by atoms with E-state index < -0.39 is 16.7 Å². The lowest BCUT2D eigenvalue weighted by molar-refractivity contribution is -0.117. The molecule has 3 N–H and O–H groups in total. The third kappa shape index (κ3) is 5.40. The van der Waals surface area contributed by atoms with Crippen LogP contribution in [0.4, 0.5) is 0 Å². The monoisotopic (exact) mass is 519 g/mol. The van der Waals surface area contributed by atoms with Gasteiger partial charge in [-0.2, -0.15) is 5.26 Å². The zero-order chi connectivity index (χ0) is 25.7. The number of hydrogen-bond donors (Lipinski definition) is 2. The Bertz CT molecular complexity index is 1490. The van der Waals surface area contributed by atoms with Crippen LogP contribution in [0.15, 0.2) is 63.9 Å². The smallest absolute Gasteiger partial charge is 0.270 e. The number of thioether (sulfide) groups is 1. The summed E-state index contributed by atoms with van der Waals surface area (Å²) in [5.41, 5.74) is 7.20. The van der Waals surface area contributed by atoms with Gasteiger partial charge in [-0.1, -0.05) is 23.9 Å². The number of hydrogen-bond acceptors (Lipinski definition) is 9. The summed E-state index contributed by atoms with van der Waals surface area (Å²) in [5.74, 6) is 0.666. The molecular formula is C25H21N5O4S2. The molecule has 1 unspecified atom stereocenters. The molecule has 0 aliphatic carbocycles. The number of aromatic nitrogens is 3. The van der Waals surface area contributed by atoms with Crippen molar-refractivity contribution in [2.45, 2.75) is 17.3 Å². The molecule has 0 spiro atoms. The average Bonchev–Trinajstić information content (AvgIpc) is 3.37. The Kier molecular flexibility index (Phi) is 7.68. The maximum Gasteiger partial charge on any atom is 0.270 e. The van der Waals surface area contributed by atoms with Crippen LogP contribution in [0.2, 0.25) is 0 Å². The van der Waals surface area contributed by atoms with E-state index in [0.29, 0.717) is 28.6 Å². The number of aromatic amines is 1. The van der Waals surface area contributed by atoms with E-state index in [1.165, 1.54) is 11.3 Å². The molecule has 11 heteroatoms. The highest BCUT2D eigenvalue weighted by Crippen LogP contribution is 2.37. The molecule has 2 heterocycles. The highest BCUT2D eigenvalue weighted by Gasteiger charge is 2.26. The molecule has 0 saturated carbocycles. The van der Waals surface area contributed by atoms with Crippen LogP contribution in [-0.4, -0.2) is 34.6 Å². The molecule has 0 aliphatic heterocycles. The number of ether oxygens (including phenoxy) is 2. The average molecular weight is 520 g/mol. The van der Waals surface area contributed by atoms with Gasteiger partial charge in [0.15, 0.2) is 5.16 Å². The van der Waals surface area contributed by atoms with Gasteiger partial charge in [-0.25, -0.2) is 9.97 Å². The fourth-order valence-corrected chi connectivity index (χ4v) is 5.28. The molecular weight excluding hydrogens is 498 g/mol. The Morgan fingerprint density at radius 2 is 1.97 bits per heavy atom. The predicted molar refractivity (Wildman–Crippen MR) is 138 cm³/mol. The molecule has 182 valence electrons. The van der Waals surface area contributed by atoms with Crippen molar-refractivity contribution in [2.24, 2.45) is 5.73 Å². The predicted octanol–water partition coefficient (Wildman–Crippen LogP) is 4.16. The number of nitrogens with one attached hydrogen (secondary N) is 1. The maximum absolute atomic E-state index is 12.7. The SMILES string of the molecule is CCOc1cccc(-c2nc(SC(C(N)=O)c3nc(-c4ccc(OC)cc4)cs3)[nH]c(=O)c2C#N)c1. The van der Waals surface area contributed by atoms with Crippen LogP contribution in [0, 0.1) is 11.3 Å². The first kappa shape index (κ1) is 25.0. The van der Waals surface area contributed by atoms with Crippen molar-refractivity contribution in [1.82, 2.24) is 15.0 Å². The first-order chi connectivity index (χ1) is 17.4. The van der Waals surface area contributed by atoms with E-state index in [4.69, 9.17) is 15.2 Å². The van der Waals surface area contributed by atoms with Crippen molar-refractivity contribution in [3.63, 3.8) is 0 Å².